The number of benzene rings is 1. The number of likely N-dealkylation sites (tertiary alicyclic amines) is 1. The molecule has 0 N–H and O–H groups in total. The Morgan fingerprint density at radius 2 is 1.95 bits per heavy atom. The topological polar surface area (TPSA) is 20.3 Å². The molecule has 1 aromatic carbocycles. The molecule has 1 aromatic rings. The smallest absolute Gasteiger partial charge is 0.176 e. The van der Waals surface area contributed by atoms with Gasteiger partial charge in [0, 0.05) is 5.56 Å². The highest BCUT2D eigenvalue weighted by molar-refractivity contribution is 5.97. The van der Waals surface area contributed by atoms with E-state index < -0.39 is 0 Å². The highest BCUT2D eigenvalue weighted by Gasteiger charge is 2.18. The zero-order valence-corrected chi connectivity index (χ0v) is 12.9. The number of ketones is 1. The summed E-state index contributed by atoms with van der Waals surface area (Å²) in [4.78, 5) is 14.6. The average molecular weight is 273 g/mol. The van der Waals surface area contributed by atoms with Crippen molar-refractivity contribution in [1.82, 2.24) is 4.90 Å². The van der Waals surface area contributed by atoms with Crippen molar-refractivity contribution < 1.29 is 4.79 Å². The van der Waals surface area contributed by atoms with E-state index in [0.29, 0.717) is 6.54 Å². The standard InChI is InChI=1S/C18H27NO/c1-3-5-16-6-4-12-19(13-11-16)14-18(20)17-9-7-15(2)8-10-17/h7-10,16H,3-6,11-14H2,1-2H3. The normalized spacial score (nSPS) is 20.6. The van der Waals surface area contributed by atoms with Crippen LogP contribution in [0.4, 0.5) is 0 Å². The predicted molar refractivity (Wildman–Crippen MR) is 84.2 cm³/mol. The Kier molecular flexibility index (Phi) is 5.78. The van der Waals surface area contributed by atoms with Crippen LogP contribution in [0.2, 0.25) is 0 Å². The van der Waals surface area contributed by atoms with Gasteiger partial charge in [0.1, 0.15) is 0 Å². The van der Waals surface area contributed by atoms with E-state index in [4.69, 9.17) is 0 Å². The molecule has 0 aliphatic carbocycles. The summed E-state index contributed by atoms with van der Waals surface area (Å²) < 4.78 is 0. The van der Waals surface area contributed by atoms with Gasteiger partial charge in [-0.1, -0.05) is 49.6 Å². The van der Waals surface area contributed by atoms with Gasteiger partial charge in [0.25, 0.3) is 0 Å². The molecule has 1 heterocycles. The van der Waals surface area contributed by atoms with Crippen molar-refractivity contribution in [2.45, 2.75) is 46.0 Å². The van der Waals surface area contributed by atoms with Crippen LogP contribution < -0.4 is 0 Å². The maximum absolute atomic E-state index is 12.3. The number of Topliss-reactive ketones (excluding diaryl/α,β-unsaturated/α-hetero) is 1. The van der Waals surface area contributed by atoms with E-state index in [2.05, 4.69) is 18.7 Å². The van der Waals surface area contributed by atoms with Gasteiger partial charge in [0.05, 0.1) is 6.54 Å². The van der Waals surface area contributed by atoms with Crippen molar-refractivity contribution in [3.05, 3.63) is 35.4 Å². The van der Waals surface area contributed by atoms with Crippen molar-refractivity contribution in [2.24, 2.45) is 5.92 Å². The first-order valence-electron chi connectivity index (χ1n) is 8.01. The molecular formula is C18H27NO. The summed E-state index contributed by atoms with van der Waals surface area (Å²) in [5.74, 6) is 1.14. The monoisotopic (exact) mass is 273 g/mol. The van der Waals surface area contributed by atoms with E-state index in [1.807, 2.05) is 24.3 Å². The molecule has 1 aliphatic heterocycles. The number of rotatable bonds is 5. The minimum Gasteiger partial charge on any atom is -0.296 e. The zero-order valence-electron chi connectivity index (χ0n) is 12.9. The Bertz CT molecular complexity index is 424. The van der Waals surface area contributed by atoms with Crippen molar-refractivity contribution >= 4 is 5.78 Å². The Labute approximate surface area is 123 Å². The first kappa shape index (κ1) is 15.2. The van der Waals surface area contributed by atoms with Crippen molar-refractivity contribution in [1.29, 1.82) is 0 Å². The molecule has 0 spiro atoms. The van der Waals surface area contributed by atoms with Crippen molar-refractivity contribution in [3.63, 3.8) is 0 Å². The molecule has 20 heavy (non-hydrogen) atoms. The van der Waals surface area contributed by atoms with E-state index in [9.17, 15) is 4.79 Å². The molecule has 2 heteroatoms. The van der Waals surface area contributed by atoms with Crippen molar-refractivity contribution in [2.75, 3.05) is 19.6 Å². The van der Waals surface area contributed by atoms with Gasteiger partial charge in [0.15, 0.2) is 5.78 Å². The lowest BCUT2D eigenvalue weighted by atomic mass is 9.96. The first-order valence-corrected chi connectivity index (χ1v) is 8.01. The van der Waals surface area contributed by atoms with Crippen LogP contribution in [-0.4, -0.2) is 30.3 Å². The maximum atomic E-state index is 12.3. The highest BCUT2D eigenvalue weighted by atomic mass is 16.1. The Balaban J connectivity index is 1.86. The summed E-state index contributed by atoms with van der Waals surface area (Å²) in [6.07, 6.45) is 6.47. The van der Waals surface area contributed by atoms with E-state index in [1.54, 1.807) is 0 Å². The lowest BCUT2D eigenvalue weighted by Crippen LogP contribution is -2.31. The molecule has 110 valence electrons. The number of carbonyl (C=O) groups is 1. The van der Waals surface area contributed by atoms with Gasteiger partial charge in [-0.25, -0.2) is 0 Å². The van der Waals surface area contributed by atoms with Crippen LogP contribution in [0.3, 0.4) is 0 Å². The van der Waals surface area contributed by atoms with Crippen LogP contribution in [0.5, 0.6) is 0 Å². The van der Waals surface area contributed by atoms with Gasteiger partial charge in [0.2, 0.25) is 0 Å². The third-order valence-corrected chi connectivity index (χ3v) is 4.38. The first-order chi connectivity index (χ1) is 9.69. The number of hydrogen-bond donors (Lipinski definition) is 0. The second-order valence-electron chi connectivity index (χ2n) is 6.15. The summed E-state index contributed by atoms with van der Waals surface area (Å²) in [6.45, 7) is 7.07. The quantitative estimate of drug-likeness (QED) is 0.753. The van der Waals surface area contributed by atoms with Crippen molar-refractivity contribution in [3.8, 4) is 0 Å². The highest BCUT2D eigenvalue weighted by Crippen LogP contribution is 2.22. The molecule has 0 bridgehead atoms. The fourth-order valence-corrected chi connectivity index (χ4v) is 3.11. The molecule has 1 saturated heterocycles. The molecule has 1 aliphatic rings. The average Bonchev–Trinajstić information content (AvgIpc) is 2.66. The fourth-order valence-electron chi connectivity index (χ4n) is 3.11. The molecule has 1 unspecified atom stereocenters. The van der Waals surface area contributed by atoms with Gasteiger partial charge in [-0.15, -0.1) is 0 Å². The lowest BCUT2D eigenvalue weighted by Gasteiger charge is -2.19. The molecule has 1 fully saturated rings. The van der Waals surface area contributed by atoms with E-state index in [0.717, 1.165) is 24.6 Å². The summed E-state index contributed by atoms with van der Waals surface area (Å²) in [5, 5.41) is 0. The van der Waals surface area contributed by atoms with E-state index in [-0.39, 0.29) is 5.78 Å². The predicted octanol–water partition coefficient (Wildman–Crippen LogP) is 4.08. The van der Waals surface area contributed by atoms with Crippen LogP contribution in [0.1, 0.15) is 54.9 Å². The molecule has 2 rings (SSSR count). The molecule has 0 amide bonds. The molecule has 0 radical (unpaired) electrons. The second-order valence-corrected chi connectivity index (χ2v) is 6.15. The molecule has 0 aromatic heterocycles. The summed E-state index contributed by atoms with van der Waals surface area (Å²) in [7, 11) is 0. The number of aryl methyl sites for hydroxylation is 1. The van der Waals surface area contributed by atoms with E-state index in [1.165, 1.54) is 37.7 Å². The molecule has 1 atom stereocenters. The van der Waals surface area contributed by atoms with Gasteiger partial charge in [-0.05, 0) is 45.2 Å². The lowest BCUT2D eigenvalue weighted by molar-refractivity contribution is 0.0932. The van der Waals surface area contributed by atoms with Crippen LogP contribution in [0.25, 0.3) is 0 Å². The van der Waals surface area contributed by atoms with Crippen LogP contribution in [0.15, 0.2) is 24.3 Å². The minimum atomic E-state index is 0.263. The van der Waals surface area contributed by atoms with Gasteiger partial charge < -0.3 is 0 Å². The third-order valence-electron chi connectivity index (χ3n) is 4.38. The zero-order chi connectivity index (χ0) is 14.4. The summed E-state index contributed by atoms with van der Waals surface area (Å²) >= 11 is 0. The van der Waals surface area contributed by atoms with Gasteiger partial charge >= 0.3 is 0 Å². The Morgan fingerprint density at radius 3 is 2.65 bits per heavy atom. The van der Waals surface area contributed by atoms with Gasteiger partial charge in [-0.3, -0.25) is 9.69 Å². The Morgan fingerprint density at radius 1 is 1.20 bits per heavy atom. The number of carbonyl (C=O) groups excluding carboxylic acids is 1. The Hall–Kier alpha value is -1.15. The molecule has 0 saturated carbocycles. The molecular weight excluding hydrogens is 246 g/mol. The summed E-state index contributed by atoms with van der Waals surface area (Å²) in [5.41, 5.74) is 2.06. The maximum Gasteiger partial charge on any atom is 0.176 e. The fraction of sp³-hybridized carbons (Fsp3) is 0.611. The largest absolute Gasteiger partial charge is 0.296 e. The van der Waals surface area contributed by atoms with Crippen LogP contribution >= 0.6 is 0 Å². The number of nitrogens with zero attached hydrogens (tertiary/aromatic N) is 1. The summed E-state index contributed by atoms with van der Waals surface area (Å²) in [6, 6.07) is 7.95. The van der Waals surface area contributed by atoms with E-state index >= 15 is 0 Å². The van der Waals surface area contributed by atoms with Crippen LogP contribution in [0, 0.1) is 12.8 Å². The third kappa shape index (κ3) is 4.45. The second kappa shape index (κ2) is 7.58. The molecule has 2 nitrogen and oxygen atoms in total. The van der Waals surface area contributed by atoms with Gasteiger partial charge in [-0.2, -0.15) is 0 Å². The number of hydrogen-bond acceptors (Lipinski definition) is 2. The van der Waals surface area contributed by atoms with Crippen LogP contribution in [-0.2, 0) is 0 Å². The SMILES string of the molecule is CCCC1CCCN(CC(=O)c2ccc(C)cc2)CC1. The minimum absolute atomic E-state index is 0.263.